The molecule has 4 nitrogen and oxygen atoms in total. The normalized spacial score (nSPS) is 29.2. The molecule has 4 unspecified atom stereocenters. The van der Waals surface area contributed by atoms with Crippen LogP contribution in [0.15, 0.2) is 24.3 Å². The van der Waals surface area contributed by atoms with Gasteiger partial charge < -0.3 is 14.9 Å². The SMILES string of the molecule is CC1CCCN(CC(O)COC2CCCc3ccccc32)C1CO. The number of β-amino-alcohol motifs (C(OH)–C–C–N with tert-alkyl or cyclic N) is 1. The molecule has 0 spiro atoms. The van der Waals surface area contributed by atoms with Crippen LogP contribution in [-0.2, 0) is 11.2 Å². The van der Waals surface area contributed by atoms with Crippen molar-refractivity contribution in [2.24, 2.45) is 5.92 Å². The third-order valence-corrected chi connectivity index (χ3v) is 5.67. The first-order valence-corrected chi connectivity index (χ1v) is 9.41. The Labute approximate surface area is 145 Å². The van der Waals surface area contributed by atoms with E-state index in [2.05, 4.69) is 36.1 Å². The zero-order valence-corrected chi connectivity index (χ0v) is 14.7. The Morgan fingerprint density at radius 1 is 1.25 bits per heavy atom. The minimum atomic E-state index is -0.501. The molecule has 0 bridgehead atoms. The molecule has 24 heavy (non-hydrogen) atoms. The van der Waals surface area contributed by atoms with Crippen molar-refractivity contribution < 1.29 is 14.9 Å². The number of nitrogens with zero attached hydrogens (tertiary/aromatic N) is 1. The van der Waals surface area contributed by atoms with Crippen LogP contribution in [-0.4, -0.2) is 53.6 Å². The molecule has 0 amide bonds. The van der Waals surface area contributed by atoms with Crippen LogP contribution in [0.1, 0.15) is 49.8 Å². The van der Waals surface area contributed by atoms with Gasteiger partial charge in [-0.05, 0) is 55.7 Å². The Kier molecular flexibility index (Phi) is 6.28. The van der Waals surface area contributed by atoms with E-state index in [1.165, 1.54) is 11.1 Å². The van der Waals surface area contributed by atoms with E-state index >= 15 is 0 Å². The van der Waals surface area contributed by atoms with Gasteiger partial charge in [0.25, 0.3) is 0 Å². The zero-order chi connectivity index (χ0) is 16.9. The maximum absolute atomic E-state index is 10.4. The minimum absolute atomic E-state index is 0.110. The lowest BCUT2D eigenvalue weighted by Gasteiger charge is -2.40. The molecule has 134 valence electrons. The fourth-order valence-corrected chi connectivity index (χ4v) is 4.29. The number of fused-ring (bicyclic) bond motifs is 1. The predicted octanol–water partition coefficient (Wildman–Crippen LogP) is 2.53. The highest BCUT2D eigenvalue weighted by atomic mass is 16.5. The van der Waals surface area contributed by atoms with Gasteiger partial charge in [-0.3, -0.25) is 4.90 Å². The topological polar surface area (TPSA) is 52.9 Å². The van der Waals surface area contributed by atoms with Crippen molar-refractivity contribution in [3.05, 3.63) is 35.4 Å². The fraction of sp³-hybridized carbons (Fsp3) is 0.700. The number of aryl methyl sites for hydroxylation is 1. The highest BCUT2D eigenvalue weighted by Crippen LogP contribution is 2.32. The Morgan fingerprint density at radius 3 is 2.92 bits per heavy atom. The lowest BCUT2D eigenvalue weighted by Crippen LogP contribution is -2.50. The predicted molar refractivity (Wildman–Crippen MR) is 94.9 cm³/mol. The highest BCUT2D eigenvalue weighted by Gasteiger charge is 2.29. The van der Waals surface area contributed by atoms with E-state index in [1.54, 1.807) is 0 Å². The monoisotopic (exact) mass is 333 g/mol. The second kappa shape index (κ2) is 8.43. The number of hydrogen-bond acceptors (Lipinski definition) is 4. The zero-order valence-electron chi connectivity index (χ0n) is 14.7. The average Bonchev–Trinajstić information content (AvgIpc) is 2.60. The van der Waals surface area contributed by atoms with Gasteiger partial charge in [-0.25, -0.2) is 0 Å². The lowest BCUT2D eigenvalue weighted by molar-refractivity contribution is -0.0447. The maximum Gasteiger partial charge on any atom is 0.0900 e. The molecule has 4 heteroatoms. The van der Waals surface area contributed by atoms with E-state index in [1.807, 2.05) is 0 Å². The van der Waals surface area contributed by atoms with E-state index in [0.29, 0.717) is 19.1 Å². The van der Waals surface area contributed by atoms with Gasteiger partial charge in [0.2, 0.25) is 0 Å². The second-order valence-electron chi connectivity index (χ2n) is 7.43. The number of aliphatic hydroxyl groups is 2. The first-order chi connectivity index (χ1) is 11.7. The number of piperidine rings is 1. The Bertz CT molecular complexity index is 521. The summed E-state index contributed by atoms with van der Waals surface area (Å²) in [4.78, 5) is 2.23. The number of ether oxygens (including phenoxy) is 1. The molecule has 0 radical (unpaired) electrons. The molecule has 2 N–H and O–H groups in total. The quantitative estimate of drug-likeness (QED) is 0.840. The van der Waals surface area contributed by atoms with Crippen LogP contribution in [0.5, 0.6) is 0 Å². The summed E-state index contributed by atoms with van der Waals surface area (Å²) in [6.07, 6.45) is 5.21. The van der Waals surface area contributed by atoms with Crippen LogP contribution < -0.4 is 0 Å². The van der Waals surface area contributed by atoms with Crippen LogP contribution in [0.4, 0.5) is 0 Å². The van der Waals surface area contributed by atoms with Crippen molar-refractivity contribution in [1.82, 2.24) is 4.90 Å². The Morgan fingerprint density at radius 2 is 2.08 bits per heavy atom. The number of benzene rings is 1. The van der Waals surface area contributed by atoms with E-state index in [4.69, 9.17) is 4.74 Å². The summed E-state index contributed by atoms with van der Waals surface area (Å²) >= 11 is 0. The van der Waals surface area contributed by atoms with Gasteiger partial charge in [-0.1, -0.05) is 31.2 Å². The fourth-order valence-electron chi connectivity index (χ4n) is 4.29. The molecule has 1 aromatic carbocycles. The number of hydrogen-bond donors (Lipinski definition) is 2. The average molecular weight is 333 g/mol. The van der Waals surface area contributed by atoms with Crippen molar-refractivity contribution in [3.63, 3.8) is 0 Å². The molecule has 0 aromatic heterocycles. The van der Waals surface area contributed by atoms with Gasteiger partial charge in [-0.2, -0.15) is 0 Å². The first kappa shape index (κ1) is 17.9. The molecule has 1 fully saturated rings. The molecule has 1 saturated heterocycles. The van der Waals surface area contributed by atoms with Crippen LogP contribution in [0.25, 0.3) is 0 Å². The van der Waals surface area contributed by atoms with E-state index in [-0.39, 0.29) is 18.8 Å². The lowest BCUT2D eigenvalue weighted by atomic mass is 9.89. The summed E-state index contributed by atoms with van der Waals surface area (Å²) < 4.78 is 6.07. The maximum atomic E-state index is 10.4. The van der Waals surface area contributed by atoms with Crippen LogP contribution in [0, 0.1) is 5.92 Å². The third kappa shape index (κ3) is 4.17. The highest BCUT2D eigenvalue weighted by molar-refractivity contribution is 5.31. The second-order valence-corrected chi connectivity index (χ2v) is 7.43. The van der Waals surface area contributed by atoms with Crippen LogP contribution in [0.2, 0.25) is 0 Å². The molecular weight excluding hydrogens is 302 g/mol. The van der Waals surface area contributed by atoms with Gasteiger partial charge in [0.15, 0.2) is 0 Å². The molecule has 4 atom stereocenters. The molecular formula is C20H31NO3. The summed E-state index contributed by atoms with van der Waals surface area (Å²) in [7, 11) is 0. The molecule has 0 saturated carbocycles. The molecule has 1 heterocycles. The van der Waals surface area contributed by atoms with Gasteiger partial charge in [0.1, 0.15) is 0 Å². The van der Waals surface area contributed by atoms with Crippen LogP contribution >= 0.6 is 0 Å². The van der Waals surface area contributed by atoms with Gasteiger partial charge >= 0.3 is 0 Å². The van der Waals surface area contributed by atoms with E-state index in [9.17, 15) is 10.2 Å². The smallest absolute Gasteiger partial charge is 0.0900 e. The summed E-state index contributed by atoms with van der Waals surface area (Å²) in [6, 6.07) is 8.66. The van der Waals surface area contributed by atoms with Gasteiger partial charge in [0, 0.05) is 12.6 Å². The standard InChI is InChI=1S/C20H31NO3/c1-15-6-5-11-21(19(15)13-22)12-17(23)14-24-20-10-4-8-16-7-2-3-9-18(16)20/h2-3,7,9,15,17,19-20,22-23H,4-6,8,10-14H2,1H3. The van der Waals surface area contributed by atoms with E-state index in [0.717, 1.165) is 38.6 Å². The first-order valence-electron chi connectivity index (χ1n) is 9.41. The minimum Gasteiger partial charge on any atom is -0.395 e. The Hall–Kier alpha value is -0.940. The van der Waals surface area contributed by atoms with Crippen molar-refractivity contribution in [2.75, 3.05) is 26.3 Å². The van der Waals surface area contributed by atoms with Crippen molar-refractivity contribution in [3.8, 4) is 0 Å². The summed E-state index contributed by atoms with van der Waals surface area (Å²) in [6.45, 7) is 4.27. The number of aliphatic hydroxyl groups excluding tert-OH is 2. The van der Waals surface area contributed by atoms with E-state index < -0.39 is 6.10 Å². The Balaban J connectivity index is 1.52. The molecule has 3 rings (SSSR count). The van der Waals surface area contributed by atoms with Crippen LogP contribution in [0.3, 0.4) is 0 Å². The summed E-state index contributed by atoms with van der Waals surface area (Å²) in [5.41, 5.74) is 2.67. The molecule has 1 aliphatic carbocycles. The summed E-state index contributed by atoms with van der Waals surface area (Å²) in [5.74, 6) is 0.488. The molecule has 2 aliphatic rings. The largest absolute Gasteiger partial charge is 0.395 e. The third-order valence-electron chi connectivity index (χ3n) is 5.67. The van der Waals surface area contributed by atoms with Gasteiger partial charge in [-0.15, -0.1) is 0 Å². The van der Waals surface area contributed by atoms with Crippen molar-refractivity contribution in [2.45, 2.75) is 57.3 Å². The number of likely N-dealkylation sites (tertiary alicyclic amines) is 1. The van der Waals surface area contributed by atoms with Crippen molar-refractivity contribution in [1.29, 1.82) is 0 Å². The van der Waals surface area contributed by atoms with Gasteiger partial charge in [0.05, 0.1) is 25.4 Å². The summed E-state index contributed by atoms with van der Waals surface area (Å²) in [5, 5.41) is 20.1. The number of rotatable bonds is 6. The molecule has 1 aliphatic heterocycles. The molecule has 1 aromatic rings. The van der Waals surface area contributed by atoms with Crippen molar-refractivity contribution >= 4 is 0 Å².